The molecule has 38 heavy (non-hydrogen) atoms. The van der Waals surface area contributed by atoms with E-state index in [2.05, 4.69) is 92.4 Å². The van der Waals surface area contributed by atoms with Gasteiger partial charge in [-0.1, -0.05) is 152 Å². The Kier molecular flexibility index (Phi) is 6.18. The van der Waals surface area contributed by atoms with Crippen molar-refractivity contribution in [3.05, 3.63) is 133 Å². The summed E-state index contributed by atoms with van der Waals surface area (Å²) in [5.74, 6) is 0. The van der Waals surface area contributed by atoms with Crippen LogP contribution in [0.25, 0.3) is 32.7 Å². The van der Waals surface area contributed by atoms with E-state index in [1.165, 1.54) is 21.5 Å². The summed E-state index contributed by atoms with van der Waals surface area (Å²) in [6.07, 6.45) is 0. The molecule has 0 spiro atoms. The van der Waals surface area contributed by atoms with E-state index >= 15 is 4.57 Å². The minimum Gasteiger partial charge on any atom is -0.309 e. The molecule has 0 heterocycles. The van der Waals surface area contributed by atoms with Gasteiger partial charge in [0.15, 0.2) is 7.14 Å². The summed E-state index contributed by atoms with van der Waals surface area (Å²) in [5.41, 5.74) is 2.34. The van der Waals surface area contributed by atoms with Crippen LogP contribution in [0.4, 0.5) is 0 Å². The molecule has 0 aromatic heterocycles. The summed E-state index contributed by atoms with van der Waals surface area (Å²) in [7, 11) is -5.01. The van der Waals surface area contributed by atoms with Gasteiger partial charge in [0.05, 0.1) is 8.07 Å². The molecule has 6 aromatic carbocycles. The molecule has 0 saturated carbocycles. The monoisotopic (exact) mass is 526 g/mol. The number of hydrogen-bond donors (Lipinski definition) is 0. The van der Waals surface area contributed by atoms with Crippen LogP contribution < -0.4 is 21.1 Å². The fourth-order valence-electron chi connectivity index (χ4n) is 5.65. The van der Waals surface area contributed by atoms with E-state index < -0.39 is 15.2 Å². The van der Waals surface area contributed by atoms with Gasteiger partial charge in [-0.3, -0.25) is 0 Å². The van der Waals surface area contributed by atoms with Crippen molar-refractivity contribution >= 4 is 57.9 Å². The molecule has 3 heteroatoms. The number of hydrogen-bond acceptors (Lipinski definition) is 1. The van der Waals surface area contributed by atoms with E-state index in [9.17, 15) is 0 Å². The zero-order valence-corrected chi connectivity index (χ0v) is 24.0. The number of rotatable bonds is 5. The van der Waals surface area contributed by atoms with Crippen LogP contribution in [0.5, 0.6) is 0 Å². The fourth-order valence-corrected chi connectivity index (χ4v) is 10.1. The summed E-state index contributed by atoms with van der Waals surface area (Å²) < 4.78 is 15.8. The molecule has 0 fully saturated rings. The molecule has 0 bridgehead atoms. The van der Waals surface area contributed by atoms with Gasteiger partial charge in [0.25, 0.3) is 0 Å². The van der Waals surface area contributed by atoms with E-state index in [4.69, 9.17) is 0 Å². The topological polar surface area (TPSA) is 17.1 Å². The number of fused-ring (bicyclic) bond motifs is 2. The smallest absolute Gasteiger partial charge is 0.171 e. The molecular formula is C35H31OPSi. The first-order chi connectivity index (χ1) is 18.4. The lowest BCUT2D eigenvalue weighted by Crippen LogP contribution is -2.40. The highest BCUT2D eigenvalue weighted by atomic mass is 31.2. The number of benzene rings is 6. The molecule has 1 nitrogen and oxygen atoms in total. The van der Waals surface area contributed by atoms with Crippen LogP contribution in [-0.4, -0.2) is 8.07 Å². The Hall–Kier alpha value is -3.71. The van der Waals surface area contributed by atoms with E-state index in [1.54, 1.807) is 0 Å². The molecule has 0 atom stereocenters. The van der Waals surface area contributed by atoms with E-state index in [-0.39, 0.29) is 0 Å². The molecule has 6 rings (SSSR count). The van der Waals surface area contributed by atoms with Crippen LogP contribution in [0, 0.1) is 0 Å². The third kappa shape index (κ3) is 4.05. The van der Waals surface area contributed by atoms with Crippen LogP contribution in [0.15, 0.2) is 133 Å². The highest BCUT2D eigenvalue weighted by Gasteiger charge is 2.35. The third-order valence-corrected chi connectivity index (χ3v) is 12.6. The molecule has 0 radical (unpaired) electrons. The lowest BCUT2D eigenvalue weighted by molar-refractivity contribution is 0.592. The molecule has 0 aliphatic carbocycles. The van der Waals surface area contributed by atoms with Gasteiger partial charge in [-0.2, -0.15) is 0 Å². The molecule has 0 N–H and O–H groups in total. The van der Waals surface area contributed by atoms with Crippen molar-refractivity contribution in [2.24, 2.45) is 0 Å². The van der Waals surface area contributed by atoms with Gasteiger partial charge >= 0.3 is 0 Å². The first-order valence-corrected chi connectivity index (χ1v) is 18.4. The van der Waals surface area contributed by atoms with Crippen molar-refractivity contribution in [2.75, 3.05) is 0 Å². The SMILES string of the molecule is C[Si](C)(C)c1ccc2ccccc2c1-c1c(P(=O)(c2ccccc2)c2ccccc2)ccc2ccccc12. The standard InChI is InChI=1S/C35H31OPSi/c1-38(2,3)33-25-23-27-15-11-13-21-31(27)35(33)34-30-20-12-10-14-26(30)22-24-32(34)37(36,28-16-6-4-7-17-28)29-18-8-5-9-19-29/h4-25H,1-3H3. The Morgan fingerprint density at radius 2 is 0.921 bits per heavy atom. The van der Waals surface area contributed by atoms with Gasteiger partial charge in [-0.05, 0) is 33.2 Å². The lowest BCUT2D eigenvalue weighted by atomic mass is 9.93. The van der Waals surface area contributed by atoms with Gasteiger partial charge in [0.2, 0.25) is 0 Å². The second-order valence-electron chi connectivity index (χ2n) is 10.9. The summed E-state index contributed by atoms with van der Waals surface area (Å²) in [4.78, 5) is 0. The summed E-state index contributed by atoms with van der Waals surface area (Å²) in [6, 6.07) is 46.1. The average Bonchev–Trinajstić information content (AvgIpc) is 2.96. The highest BCUT2D eigenvalue weighted by Crippen LogP contribution is 2.47. The maximum absolute atomic E-state index is 15.8. The van der Waals surface area contributed by atoms with Crippen molar-refractivity contribution in [1.82, 2.24) is 0 Å². The van der Waals surface area contributed by atoms with Crippen LogP contribution >= 0.6 is 7.14 Å². The Balaban J connectivity index is 1.85. The Labute approximate surface area is 226 Å². The predicted octanol–water partition coefficient (Wildman–Crippen LogP) is 7.84. The molecule has 0 unspecified atom stereocenters. The normalized spacial score (nSPS) is 12.2. The minimum absolute atomic E-state index is 0.859. The second kappa shape index (κ2) is 9.55. The van der Waals surface area contributed by atoms with E-state index in [0.717, 1.165) is 32.2 Å². The van der Waals surface area contributed by atoms with Gasteiger partial charge in [0, 0.05) is 21.5 Å². The van der Waals surface area contributed by atoms with Gasteiger partial charge < -0.3 is 4.57 Å². The molecule has 0 saturated heterocycles. The average molecular weight is 527 g/mol. The van der Waals surface area contributed by atoms with E-state index in [0.29, 0.717) is 0 Å². The van der Waals surface area contributed by atoms with Crippen molar-refractivity contribution in [3.8, 4) is 11.1 Å². The fraction of sp³-hybridized carbons (Fsp3) is 0.0857. The summed E-state index contributed by atoms with van der Waals surface area (Å²) in [5, 5.41) is 8.75. The summed E-state index contributed by atoms with van der Waals surface area (Å²) in [6.45, 7) is 7.21. The van der Waals surface area contributed by atoms with Crippen LogP contribution in [0.2, 0.25) is 19.6 Å². The van der Waals surface area contributed by atoms with Gasteiger partial charge in [-0.15, -0.1) is 0 Å². The largest absolute Gasteiger partial charge is 0.309 e. The first-order valence-electron chi connectivity index (χ1n) is 13.2. The van der Waals surface area contributed by atoms with Crippen molar-refractivity contribution < 1.29 is 4.57 Å². The predicted molar refractivity (Wildman–Crippen MR) is 169 cm³/mol. The van der Waals surface area contributed by atoms with E-state index in [1.807, 2.05) is 60.7 Å². The third-order valence-electron chi connectivity index (χ3n) is 7.47. The quantitative estimate of drug-likeness (QED) is 0.165. The first kappa shape index (κ1) is 24.6. The van der Waals surface area contributed by atoms with Crippen LogP contribution in [-0.2, 0) is 4.57 Å². The Bertz CT molecular complexity index is 1780. The molecule has 0 aliphatic heterocycles. The zero-order valence-electron chi connectivity index (χ0n) is 22.1. The second-order valence-corrected chi connectivity index (χ2v) is 18.7. The molecule has 0 amide bonds. The van der Waals surface area contributed by atoms with Crippen LogP contribution in [0.1, 0.15) is 0 Å². The van der Waals surface area contributed by atoms with Crippen molar-refractivity contribution in [3.63, 3.8) is 0 Å². The van der Waals surface area contributed by atoms with Crippen LogP contribution in [0.3, 0.4) is 0 Å². The Morgan fingerprint density at radius 3 is 1.45 bits per heavy atom. The highest BCUT2D eigenvalue weighted by molar-refractivity contribution is 7.85. The lowest BCUT2D eigenvalue weighted by Gasteiger charge is -2.28. The van der Waals surface area contributed by atoms with Gasteiger partial charge in [0.1, 0.15) is 0 Å². The Morgan fingerprint density at radius 1 is 0.474 bits per heavy atom. The van der Waals surface area contributed by atoms with Crippen molar-refractivity contribution in [1.29, 1.82) is 0 Å². The summed E-state index contributed by atoms with van der Waals surface area (Å²) >= 11 is 0. The maximum Gasteiger partial charge on any atom is 0.171 e. The maximum atomic E-state index is 15.8. The van der Waals surface area contributed by atoms with Crippen molar-refractivity contribution in [2.45, 2.75) is 19.6 Å². The van der Waals surface area contributed by atoms with Gasteiger partial charge in [-0.25, -0.2) is 0 Å². The zero-order chi connectivity index (χ0) is 26.3. The molecule has 6 aromatic rings. The molecule has 0 aliphatic rings. The molecular weight excluding hydrogens is 495 g/mol. The molecule has 186 valence electrons. The minimum atomic E-state index is -3.22.